The van der Waals surface area contributed by atoms with E-state index in [1.807, 2.05) is 24.4 Å². The van der Waals surface area contributed by atoms with Gasteiger partial charge in [-0.1, -0.05) is 86.6 Å². The minimum absolute atomic E-state index is 0.0833. The van der Waals surface area contributed by atoms with Crippen molar-refractivity contribution in [3.05, 3.63) is 169 Å². The molecule has 1 aliphatic rings. The smallest absolute Gasteiger partial charge is 0.135 e. The lowest BCUT2D eigenvalue weighted by atomic mass is 9.83. The second kappa shape index (κ2) is 10.6. The number of nitrogens with zero attached hydrogens (tertiary/aromatic N) is 2. The summed E-state index contributed by atoms with van der Waals surface area (Å²) in [5.41, 5.74) is 16.5. The van der Waals surface area contributed by atoms with Gasteiger partial charge in [0.15, 0.2) is 0 Å². The predicted molar refractivity (Wildman–Crippen MR) is 222 cm³/mol. The van der Waals surface area contributed by atoms with E-state index in [0.717, 1.165) is 71.9 Å². The number of fused-ring (bicyclic) bond motifs is 12. The Morgan fingerprint density at radius 1 is 0.444 bits per heavy atom. The lowest BCUT2D eigenvalue weighted by Crippen LogP contribution is -2.15. The minimum atomic E-state index is -0.0833. The molecule has 0 radical (unpaired) electrons. The van der Waals surface area contributed by atoms with E-state index >= 15 is 0 Å². The number of hydrogen-bond acceptors (Lipinski definition) is 3. The molecule has 54 heavy (non-hydrogen) atoms. The highest BCUT2D eigenvalue weighted by atomic mass is 16.3. The maximum absolute atomic E-state index is 6.37. The highest BCUT2D eigenvalue weighted by Crippen LogP contribution is 2.48. The standard InChI is InChI=1S/C50H32N2O2/c1-50(2)41-18-17-33(28-40(41)49-42(50)10-7-23-51-49)52-43-11-5-3-8-34(43)36-24-29(13-19-44(36)52)31-15-21-47-38(26-31)39-27-32(16-22-48(39)54-47)30-14-20-46-37(25-30)35-9-4-6-12-45(35)53-46/h3-28H,1-2H3. The summed E-state index contributed by atoms with van der Waals surface area (Å²) in [5, 5.41) is 6.93. The number of pyridine rings is 1. The van der Waals surface area contributed by atoms with Crippen molar-refractivity contribution in [2.75, 3.05) is 0 Å². The number of para-hydroxylation sites is 2. The molecule has 0 saturated carbocycles. The van der Waals surface area contributed by atoms with Gasteiger partial charge in [0.25, 0.3) is 0 Å². The highest BCUT2D eigenvalue weighted by Gasteiger charge is 2.36. The molecule has 11 aromatic rings. The summed E-state index contributed by atoms with van der Waals surface area (Å²) in [6.07, 6.45) is 1.91. The van der Waals surface area contributed by atoms with Gasteiger partial charge in [0.2, 0.25) is 0 Å². The fourth-order valence-corrected chi connectivity index (χ4v) is 9.15. The van der Waals surface area contributed by atoms with Crippen LogP contribution < -0.4 is 0 Å². The van der Waals surface area contributed by atoms with E-state index < -0.39 is 0 Å². The van der Waals surface area contributed by atoms with Crippen molar-refractivity contribution < 1.29 is 8.83 Å². The van der Waals surface area contributed by atoms with Crippen LogP contribution in [0.2, 0.25) is 0 Å². The zero-order chi connectivity index (χ0) is 35.7. The van der Waals surface area contributed by atoms with Crippen molar-refractivity contribution in [2.45, 2.75) is 19.3 Å². The quantitative estimate of drug-likeness (QED) is 0.185. The summed E-state index contributed by atoms with van der Waals surface area (Å²) in [6.45, 7) is 4.60. The molecular formula is C50H32N2O2. The molecular weight excluding hydrogens is 661 g/mol. The van der Waals surface area contributed by atoms with Gasteiger partial charge in [-0.15, -0.1) is 0 Å². The first kappa shape index (κ1) is 29.6. The Labute approximate surface area is 310 Å². The van der Waals surface area contributed by atoms with Crippen LogP contribution in [0.3, 0.4) is 0 Å². The van der Waals surface area contributed by atoms with Gasteiger partial charge in [0.1, 0.15) is 22.3 Å². The van der Waals surface area contributed by atoms with Crippen molar-refractivity contribution >= 4 is 65.7 Å². The van der Waals surface area contributed by atoms with Gasteiger partial charge < -0.3 is 13.4 Å². The summed E-state index contributed by atoms with van der Waals surface area (Å²) >= 11 is 0. The van der Waals surface area contributed by atoms with Gasteiger partial charge in [-0.2, -0.15) is 0 Å². The number of rotatable bonds is 3. The zero-order valence-electron chi connectivity index (χ0n) is 29.7. The zero-order valence-corrected chi connectivity index (χ0v) is 29.7. The van der Waals surface area contributed by atoms with Crippen molar-refractivity contribution in [2.24, 2.45) is 0 Å². The minimum Gasteiger partial charge on any atom is -0.456 e. The topological polar surface area (TPSA) is 44.1 Å². The third-order valence-electron chi connectivity index (χ3n) is 11.9. The van der Waals surface area contributed by atoms with Gasteiger partial charge in [0, 0.05) is 55.2 Å². The molecule has 0 amide bonds. The molecule has 0 saturated heterocycles. The van der Waals surface area contributed by atoms with Gasteiger partial charge in [-0.3, -0.25) is 4.98 Å². The van der Waals surface area contributed by atoms with E-state index in [4.69, 9.17) is 13.8 Å². The Balaban J connectivity index is 0.983. The first-order chi connectivity index (χ1) is 26.5. The van der Waals surface area contributed by atoms with Crippen LogP contribution in [0.25, 0.3) is 105 Å². The lowest BCUT2D eigenvalue weighted by molar-refractivity contribution is 0.659. The van der Waals surface area contributed by atoms with Gasteiger partial charge in [0.05, 0.1) is 16.7 Å². The Bertz CT molecular complexity index is 3370. The highest BCUT2D eigenvalue weighted by molar-refractivity contribution is 6.12. The van der Waals surface area contributed by atoms with Crippen molar-refractivity contribution in [3.8, 4) is 39.2 Å². The second-order valence-corrected chi connectivity index (χ2v) is 15.2. The number of benzene rings is 7. The third-order valence-corrected chi connectivity index (χ3v) is 11.9. The van der Waals surface area contributed by atoms with Crippen LogP contribution in [-0.2, 0) is 5.41 Å². The lowest BCUT2D eigenvalue weighted by Gasteiger charge is -2.21. The van der Waals surface area contributed by atoms with E-state index in [1.54, 1.807) is 0 Å². The average molecular weight is 693 g/mol. The van der Waals surface area contributed by atoms with Crippen LogP contribution in [0.4, 0.5) is 0 Å². The summed E-state index contributed by atoms with van der Waals surface area (Å²) in [4.78, 5) is 4.84. The summed E-state index contributed by atoms with van der Waals surface area (Å²) in [6, 6.07) is 54.5. The fraction of sp³-hybridized carbons (Fsp3) is 0.0600. The third kappa shape index (κ3) is 4.05. The molecule has 1 aliphatic carbocycles. The summed E-state index contributed by atoms with van der Waals surface area (Å²) in [7, 11) is 0. The Kier molecular flexibility index (Phi) is 5.81. The second-order valence-electron chi connectivity index (χ2n) is 15.2. The average Bonchev–Trinajstić information content (AvgIpc) is 3.93. The molecule has 0 N–H and O–H groups in total. The predicted octanol–water partition coefficient (Wildman–Crippen LogP) is 13.6. The molecule has 0 unspecified atom stereocenters. The molecule has 12 rings (SSSR count). The van der Waals surface area contributed by atoms with Crippen molar-refractivity contribution in [1.82, 2.24) is 9.55 Å². The van der Waals surface area contributed by atoms with E-state index in [0.29, 0.717) is 0 Å². The summed E-state index contributed by atoms with van der Waals surface area (Å²) in [5.74, 6) is 0. The molecule has 4 nitrogen and oxygen atoms in total. The Morgan fingerprint density at radius 3 is 1.70 bits per heavy atom. The number of furan rings is 2. The van der Waals surface area contributed by atoms with E-state index in [-0.39, 0.29) is 5.41 Å². The van der Waals surface area contributed by atoms with Crippen LogP contribution in [-0.4, -0.2) is 9.55 Å². The Hall–Kier alpha value is -6.91. The van der Waals surface area contributed by atoms with Crippen LogP contribution in [0.1, 0.15) is 25.0 Å². The van der Waals surface area contributed by atoms with Crippen LogP contribution in [0.15, 0.2) is 167 Å². The first-order valence-electron chi connectivity index (χ1n) is 18.5. The van der Waals surface area contributed by atoms with E-state index in [2.05, 4.69) is 152 Å². The molecule has 4 heterocycles. The summed E-state index contributed by atoms with van der Waals surface area (Å²) < 4.78 is 14.9. The molecule has 0 atom stereocenters. The largest absolute Gasteiger partial charge is 0.456 e. The SMILES string of the molecule is CC1(C)c2ccc(-n3c4ccccc4c4cc(-c5ccc6oc7ccc(-c8ccc9oc%10ccccc%10c9c8)cc7c6c5)ccc43)cc2-c2ncccc21. The Morgan fingerprint density at radius 2 is 1.00 bits per heavy atom. The van der Waals surface area contributed by atoms with Crippen LogP contribution in [0, 0.1) is 0 Å². The first-order valence-corrected chi connectivity index (χ1v) is 18.5. The molecule has 7 aromatic carbocycles. The van der Waals surface area contributed by atoms with Gasteiger partial charge in [-0.05, 0) is 112 Å². The molecule has 0 fully saturated rings. The van der Waals surface area contributed by atoms with Gasteiger partial charge >= 0.3 is 0 Å². The molecule has 0 spiro atoms. The van der Waals surface area contributed by atoms with E-state index in [1.165, 1.54) is 44.1 Å². The maximum Gasteiger partial charge on any atom is 0.135 e. The molecule has 0 bridgehead atoms. The van der Waals surface area contributed by atoms with Crippen molar-refractivity contribution in [3.63, 3.8) is 0 Å². The molecule has 0 aliphatic heterocycles. The van der Waals surface area contributed by atoms with E-state index in [9.17, 15) is 0 Å². The van der Waals surface area contributed by atoms with Crippen molar-refractivity contribution in [1.29, 1.82) is 0 Å². The monoisotopic (exact) mass is 692 g/mol. The number of aromatic nitrogens is 2. The maximum atomic E-state index is 6.37. The van der Waals surface area contributed by atoms with Gasteiger partial charge in [-0.25, -0.2) is 0 Å². The van der Waals surface area contributed by atoms with Crippen LogP contribution >= 0.6 is 0 Å². The molecule has 254 valence electrons. The normalized spacial score (nSPS) is 13.5. The molecule has 4 heteroatoms. The fourth-order valence-electron chi connectivity index (χ4n) is 9.15. The van der Waals surface area contributed by atoms with Crippen LogP contribution in [0.5, 0.6) is 0 Å². The molecule has 4 aromatic heterocycles. The number of hydrogen-bond donors (Lipinski definition) is 0.